The van der Waals surface area contributed by atoms with E-state index in [2.05, 4.69) is 4.90 Å². The van der Waals surface area contributed by atoms with Crippen LogP contribution in [0.25, 0.3) is 0 Å². The van der Waals surface area contributed by atoms with Crippen LogP contribution in [0.1, 0.15) is 39.5 Å². The number of carbonyl (C=O) groups is 1. The van der Waals surface area contributed by atoms with Gasteiger partial charge in [-0.05, 0) is 26.3 Å². The lowest BCUT2D eigenvalue weighted by Gasteiger charge is -2.40. The third kappa shape index (κ3) is 2.55. The van der Waals surface area contributed by atoms with E-state index in [0.717, 1.165) is 19.4 Å². The Kier molecular flexibility index (Phi) is 4.74. The summed E-state index contributed by atoms with van der Waals surface area (Å²) in [6.45, 7) is 4.79. The molecular weight excluding hydrogens is 206 g/mol. The monoisotopic (exact) mass is 229 g/mol. The van der Waals surface area contributed by atoms with Crippen LogP contribution >= 0.6 is 0 Å². The first-order valence-electron chi connectivity index (χ1n) is 6.05. The quantitative estimate of drug-likeness (QED) is 0.753. The topological polar surface area (TPSA) is 49.8 Å². The van der Waals surface area contributed by atoms with Crippen LogP contribution in [0.3, 0.4) is 0 Å². The molecule has 0 heterocycles. The van der Waals surface area contributed by atoms with Crippen LogP contribution in [0.4, 0.5) is 0 Å². The Morgan fingerprint density at radius 1 is 1.50 bits per heavy atom. The molecule has 1 atom stereocenters. The average molecular weight is 229 g/mol. The number of likely N-dealkylation sites (N-methyl/N-ethyl adjacent to an activating group) is 1. The van der Waals surface area contributed by atoms with Crippen molar-refractivity contribution in [2.24, 2.45) is 0 Å². The summed E-state index contributed by atoms with van der Waals surface area (Å²) in [5, 5.41) is 9.40. The number of carboxylic acid groups (broad SMARTS) is 1. The summed E-state index contributed by atoms with van der Waals surface area (Å²) in [6, 6.07) is 0.404. The molecule has 1 unspecified atom stereocenters. The normalized spacial score (nSPS) is 21.2. The molecule has 1 saturated carbocycles. The molecule has 0 amide bonds. The van der Waals surface area contributed by atoms with Crippen molar-refractivity contribution in [3.63, 3.8) is 0 Å². The van der Waals surface area contributed by atoms with Crippen molar-refractivity contribution in [1.29, 1.82) is 0 Å². The molecule has 0 spiro atoms. The second-order valence-corrected chi connectivity index (χ2v) is 4.74. The zero-order valence-electron chi connectivity index (χ0n) is 10.5. The number of rotatable bonds is 6. The highest BCUT2D eigenvalue weighted by Crippen LogP contribution is 2.29. The number of ether oxygens (including phenoxy) is 1. The highest BCUT2D eigenvalue weighted by atomic mass is 16.5. The van der Waals surface area contributed by atoms with E-state index in [1.807, 2.05) is 6.92 Å². The fraction of sp³-hybridized carbons (Fsp3) is 0.917. The number of hydrogen-bond acceptors (Lipinski definition) is 3. The first kappa shape index (κ1) is 13.5. The van der Waals surface area contributed by atoms with Crippen molar-refractivity contribution >= 4 is 5.97 Å². The molecule has 1 N–H and O–H groups in total. The van der Waals surface area contributed by atoms with Crippen LogP contribution in [-0.4, -0.2) is 47.8 Å². The summed E-state index contributed by atoms with van der Waals surface area (Å²) in [4.78, 5) is 13.5. The van der Waals surface area contributed by atoms with Crippen molar-refractivity contribution in [3.8, 4) is 0 Å². The molecular formula is C12H23NO3. The van der Waals surface area contributed by atoms with Gasteiger partial charge < -0.3 is 9.84 Å². The van der Waals surface area contributed by atoms with Crippen molar-refractivity contribution in [3.05, 3.63) is 0 Å². The minimum Gasteiger partial charge on any atom is -0.480 e. The van der Waals surface area contributed by atoms with Gasteiger partial charge in [-0.1, -0.05) is 19.8 Å². The highest BCUT2D eigenvalue weighted by Gasteiger charge is 2.42. The molecule has 16 heavy (non-hydrogen) atoms. The van der Waals surface area contributed by atoms with E-state index >= 15 is 0 Å². The third-order valence-corrected chi connectivity index (χ3v) is 3.63. The molecule has 1 aliphatic rings. The Morgan fingerprint density at radius 3 is 2.44 bits per heavy atom. The fourth-order valence-electron chi connectivity index (χ4n) is 2.77. The lowest BCUT2D eigenvalue weighted by molar-refractivity contribution is -0.156. The maximum atomic E-state index is 11.4. The standard InChI is InChI=1S/C12H23NO3/c1-4-13(10-7-5-6-8-10)12(2,9-16-3)11(14)15/h10H,4-9H2,1-3H3,(H,14,15). The van der Waals surface area contributed by atoms with Crippen LogP contribution in [0.2, 0.25) is 0 Å². The molecule has 0 aromatic rings. The number of hydrogen-bond donors (Lipinski definition) is 1. The van der Waals surface area contributed by atoms with Gasteiger partial charge in [-0.3, -0.25) is 9.69 Å². The minimum atomic E-state index is -0.890. The van der Waals surface area contributed by atoms with Crippen LogP contribution in [0.5, 0.6) is 0 Å². The van der Waals surface area contributed by atoms with Gasteiger partial charge >= 0.3 is 5.97 Å². The van der Waals surface area contributed by atoms with E-state index in [1.54, 1.807) is 14.0 Å². The molecule has 0 bridgehead atoms. The van der Waals surface area contributed by atoms with Crippen molar-refractivity contribution in [2.45, 2.75) is 51.1 Å². The number of methoxy groups -OCH3 is 1. The van der Waals surface area contributed by atoms with E-state index in [4.69, 9.17) is 4.74 Å². The predicted molar refractivity (Wildman–Crippen MR) is 62.6 cm³/mol. The van der Waals surface area contributed by atoms with E-state index in [9.17, 15) is 9.90 Å². The second kappa shape index (κ2) is 5.64. The molecule has 1 rings (SSSR count). The molecule has 4 nitrogen and oxygen atoms in total. The largest absolute Gasteiger partial charge is 0.480 e. The number of carboxylic acids is 1. The van der Waals surface area contributed by atoms with Gasteiger partial charge in [-0.2, -0.15) is 0 Å². The van der Waals surface area contributed by atoms with Crippen LogP contribution < -0.4 is 0 Å². The minimum absolute atomic E-state index is 0.243. The Balaban J connectivity index is 2.83. The van der Waals surface area contributed by atoms with Gasteiger partial charge in [-0.25, -0.2) is 0 Å². The summed E-state index contributed by atoms with van der Waals surface area (Å²) in [5.74, 6) is -0.789. The van der Waals surface area contributed by atoms with Gasteiger partial charge in [0.1, 0.15) is 5.54 Å². The average Bonchev–Trinajstić information content (AvgIpc) is 2.72. The summed E-state index contributed by atoms with van der Waals surface area (Å²) in [6.07, 6.45) is 4.65. The molecule has 0 radical (unpaired) electrons. The Morgan fingerprint density at radius 2 is 2.06 bits per heavy atom. The van der Waals surface area contributed by atoms with Gasteiger partial charge in [0, 0.05) is 13.2 Å². The summed E-state index contributed by atoms with van der Waals surface area (Å²) in [5.41, 5.74) is -0.890. The molecule has 0 aliphatic heterocycles. The van der Waals surface area contributed by atoms with Gasteiger partial charge in [0.25, 0.3) is 0 Å². The maximum absolute atomic E-state index is 11.4. The second-order valence-electron chi connectivity index (χ2n) is 4.74. The van der Waals surface area contributed by atoms with Crippen LogP contribution in [0.15, 0.2) is 0 Å². The van der Waals surface area contributed by atoms with Crippen LogP contribution in [-0.2, 0) is 9.53 Å². The van der Waals surface area contributed by atoms with Crippen molar-refractivity contribution in [2.75, 3.05) is 20.3 Å². The molecule has 1 aliphatic carbocycles. The fourth-order valence-corrected chi connectivity index (χ4v) is 2.77. The lowest BCUT2D eigenvalue weighted by Crippen LogP contribution is -2.58. The molecule has 0 aromatic carbocycles. The first-order chi connectivity index (χ1) is 7.56. The van der Waals surface area contributed by atoms with Crippen LogP contribution in [0, 0.1) is 0 Å². The first-order valence-corrected chi connectivity index (χ1v) is 6.05. The highest BCUT2D eigenvalue weighted by molar-refractivity contribution is 5.78. The van der Waals surface area contributed by atoms with E-state index in [0.29, 0.717) is 6.04 Å². The summed E-state index contributed by atoms with van der Waals surface area (Å²) in [7, 11) is 1.56. The lowest BCUT2D eigenvalue weighted by atomic mass is 9.98. The van der Waals surface area contributed by atoms with Crippen molar-refractivity contribution in [1.82, 2.24) is 4.90 Å². The zero-order chi connectivity index (χ0) is 12.2. The molecule has 1 fully saturated rings. The summed E-state index contributed by atoms with van der Waals surface area (Å²) >= 11 is 0. The van der Waals surface area contributed by atoms with Crippen molar-refractivity contribution < 1.29 is 14.6 Å². The molecule has 94 valence electrons. The Bertz CT molecular complexity index is 238. The van der Waals surface area contributed by atoms with E-state index < -0.39 is 11.5 Å². The van der Waals surface area contributed by atoms with Gasteiger partial charge in [0.05, 0.1) is 6.61 Å². The van der Waals surface area contributed by atoms with E-state index in [1.165, 1.54) is 12.8 Å². The SMILES string of the molecule is CCN(C1CCCC1)C(C)(COC)C(=O)O. The third-order valence-electron chi connectivity index (χ3n) is 3.63. The zero-order valence-corrected chi connectivity index (χ0v) is 10.5. The maximum Gasteiger partial charge on any atom is 0.326 e. The molecule has 0 aromatic heterocycles. The number of aliphatic carboxylic acids is 1. The Hall–Kier alpha value is -0.610. The molecule has 4 heteroatoms. The van der Waals surface area contributed by atoms with Gasteiger partial charge in [-0.15, -0.1) is 0 Å². The van der Waals surface area contributed by atoms with Gasteiger partial charge in [0.15, 0.2) is 0 Å². The molecule has 0 saturated heterocycles. The van der Waals surface area contributed by atoms with Gasteiger partial charge in [0.2, 0.25) is 0 Å². The smallest absolute Gasteiger partial charge is 0.326 e. The van der Waals surface area contributed by atoms with E-state index in [-0.39, 0.29) is 6.61 Å². The summed E-state index contributed by atoms with van der Waals surface area (Å²) < 4.78 is 5.09. The number of nitrogens with zero attached hydrogens (tertiary/aromatic N) is 1. The predicted octanol–water partition coefficient (Wildman–Crippen LogP) is 1.74. The Labute approximate surface area is 97.6 Å².